The Morgan fingerprint density at radius 2 is 1.14 bits per heavy atom. The topological polar surface area (TPSA) is 82.1 Å². The van der Waals surface area contributed by atoms with E-state index in [2.05, 4.69) is 36.1 Å². The van der Waals surface area contributed by atoms with E-state index in [1.165, 1.54) is 89.9 Å². The molecule has 7 heteroatoms. The van der Waals surface area contributed by atoms with Crippen LogP contribution in [0.15, 0.2) is 24.3 Å². The van der Waals surface area contributed by atoms with Gasteiger partial charge in [0, 0.05) is 19.3 Å². The number of ether oxygens (including phenoxy) is 3. The number of carbonyl (C=O) groups is 3. The minimum absolute atomic E-state index is 0.103. The number of unbranched alkanes of at least 4 members (excludes halogenated alkanes) is 9. The van der Waals surface area contributed by atoms with Gasteiger partial charge in [0.2, 0.25) is 0 Å². The van der Waals surface area contributed by atoms with Crippen molar-refractivity contribution in [2.45, 2.75) is 155 Å². The summed E-state index contributed by atoms with van der Waals surface area (Å²) >= 11 is 0. The SMILES string of the molecule is CCCCC/C=C\C/C=C\CCCCCCCCC(=O)OCC(COC(=O)CCCN1CCCC1)COC(=O)CC1C2CC3CC(C2)CC1C3. The summed E-state index contributed by atoms with van der Waals surface area (Å²) in [5.74, 6) is 2.60. The molecule has 1 atom stereocenters. The van der Waals surface area contributed by atoms with Crippen molar-refractivity contribution in [2.24, 2.45) is 35.5 Å². The van der Waals surface area contributed by atoms with Gasteiger partial charge in [-0.1, -0.05) is 69.8 Å². The van der Waals surface area contributed by atoms with Gasteiger partial charge in [-0.05, 0) is 139 Å². The third-order valence-electron chi connectivity index (χ3n) is 11.9. The van der Waals surface area contributed by atoms with Crippen molar-refractivity contribution in [2.75, 3.05) is 39.5 Å². The van der Waals surface area contributed by atoms with Crippen molar-refractivity contribution in [3.63, 3.8) is 0 Å². The standard InChI is InChI=1S/C43H71NO6/c1-2-3-4-5-6-7-8-9-10-11-12-13-14-15-16-17-21-41(45)48-32-37(33-49-42(46)22-20-25-44-23-18-19-24-44)34-50-43(47)31-40-38-27-35-26-36(29-38)30-39(40)28-35/h6-7,9-10,35-40H,2-5,8,11-34H2,1H3/b7-6-,10-9-. The first-order valence-electron chi connectivity index (χ1n) is 21.0. The fraction of sp³-hybridized carbons (Fsp3) is 0.837. The fourth-order valence-electron chi connectivity index (χ4n) is 9.25. The minimum Gasteiger partial charge on any atom is -0.465 e. The highest BCUT2D eigenvalue weighted by atomic mass is 16.6. The Bertz CT molecular complexity index is 1000. The van der Waals surface area contributed by atoms with Gasteiger partial charge in [-0.15, -0.1) is 0 Å². The lowest BCUT2D eigenvalue weighted by atomic mass is 9.51. The highest BCUT2D eigenvalue weighted by Gasteiger charge is 2.48. The maximum Gasteiger partial charge on any atom is 0.306 e. The van der Waals surface area contributed by atoms with Gasteiger partial charge in [-0.25, -0.2) is 0 Å². The molecule has 1 unspecified atom stereocenters. The van der Waals surface area contributed by atoms with E-state index in [9.17, 15) is 14.4 Å². The summed E-state index contributed by atoms with van der Waals surface area (Å²) in [6.45, 7) is 5.73. The van der Waals surface area contributed by atoms with Gasteiger partial charge in [0.1, 0.15) is 19.8 Å². The number of carbonyl (C=O) groups excluding carboxylic acids is 3. The molecule has 0 radical (unpaired) electrons. The van der Waals surface area contributed by atoms with Crippen LogP contribution in [0.1, 0.15) is 155 Å². The largest absolute Gasteiger partial charge is 0.465 e. The van der Waals surface area contributed by atoms with E-state index in [4.69, 9.17) is 14.2 Å². The Morgan fingerprint density at radius 3 is 1.74 bits per heavy atom. The summed E-state index contributed by atoms with van der Waals surface area (Å²) < 4.78 is 17.0. The maximum absolute atomic E-state index is 13.0. The Labute approximate surface area is 304 Å². The molecule has 4 saturated carbocycles. The molecule has 5 aliphatic rings. The Morgan fingerprint density at radius 1 is 0.620 bits per heavy atom. The number of rotatable bonds is 27. The average molecular weight is 698 g/mol. The molecule has 1 saturated heterocycles. The van der Waals surface area contributed by atoms with Gasteiger partial charge in [0.15, 0.2) is 0 Å². The maximum atomic E-state index is 13.0. The van der Waals surface area contributed by atoms with Crippen LogP contribution in [-0.4, -0.2) is 62.3 Å². The molecule has 1 aliphatic heterocycles. The highest BCUT2D eigenvalue weighted by molar-refractivity contribution is 5.70. The molecule has 284 valence electrons. The van der Waals surface area contributed by atoms with E-state index in [0.29, 0.717) is 37.0 Å². The highest BCUT2D eigenvalue weighted by Crippen LogP contribution is 2.57. The zero-order valence-corrected chi connectivity index (χ0v) is 31.7. The number of nitrogens with zero attached hydrogens (tertiary/aromatic N) is 1. The molecule has 7 nitrogen and oxygen atoms in total. The fourth-order valence-corrected chi connectivity index (χ4v) is 9.25. The summed E-state index contributed by atoms with van der Waals surface area (Å²) in [5.41, 5.74) is 0. The van der Waals surface area contributed by atoms with Crippen molar-refractivity contribution >= 4 is 17.9 Å². The van der Waals surface area contributed by atoms with Crippen LogP contribution >= 0.6 is 0 Å². The molecule has 0 amide bonds. The summed E-state index contributed by atoms with van der Waals surface area (Å²) in [6.07, 6.45) is 34.1. The molecule has 4 aliphatic carbocycles. The third kappa shape index (κ3) is 16.0. The van der Waals surface area contributed by atoms with Crippen molar-refractivity contribution in [1.29, 1.82) is 0 Å². The van der Waals surface area contributed by atoms with Gasteiger partial charge in [-0.2, -0.15) is 0 Å². The number of hydrogen-bond donors (Lipinski definition) is 0. The molecule has 5 fully saturated rings. The molecule has 0 aromatic carbocycles. The summed E-state index contributed by atoms with van der Waals surface area (Å²) in [4.78, 5) is 40.5. The van der Waals surface area contributed by atoms with E-state index in [1.54, 1.807) is 0 Å². The van der Waals surface area contributed by atoms with Crippen molar-refractivity contribution in [1.82, 2.24) is 4.90 Å². The predicted octanol–water partition coefficient (Wildman–Crippen LogP) is 9.77. The lowest BCUT2D eigenvalue weighted by Crippen LogP contribution is -2.45. The van der Waals surface area contributed by atoms with E-state index in [1.807, 2.05) is 0 Å². The second-order valence-corrected chi connectivity index (χ2v) is 16.2. The normalized spacial score (nSPS) is 25.1. The van der Waals surface area contributed by atoms with Gasteiger partial charge in [-0.3, -0.25) is 14.4 Å². The first-order chi connectivity index (χ1) is 24.5. The van der Waals surface area contributed by atoms with Crippen LogP contribution in [-0.2, 0) is 28.6 Å². The van der Waals surface area contributed by atoms with E-state index in [-0.39, 0.29) is 43.6 Å². The quantitative estimate of drug-likeness (QED) is 0.0366. The first-order valence-corrected chi connectivity index (χ1v) is 21.0. The minimum atomic E-state index is -0.347. The Balaban J connectivity index is 1.07. The van der Waals surface area contributed by atoms with Crippen LogP contribution in [0.25, 0.3) is 0 Å². The zero-order valence-electron chi connectivity index (χ0n) is 31.7. The number of esters is 3. The third-order valence-corrected chi connectivity index (χ3v) is 11.9. The Kier molecular flexibility index (Phi) is 19.6. The van der Waals surface area contributed by atoms with Crippen molar-refractivity contribution in [3.05, 3.63) is 24.3 Å². The molecule has 0 aromatic heterocycles. The number of hydrogen-bond acceptors (Lipinski definition) is 7. The molecule has 4 bridgehead atoms. The summed E-state index contributed by atoms with van der Waals surface area (Å²) in [7, 11) is 0. The van der Waals surface area contributed by atoms with Crippen LogP contribution in [0, 0.1) is 35.5 Å². The predicted molar refractivity (Wildman–Crippen MR) is 200 cm³/mol. The van der Waals surface area contributed by atoms with Gasteiger partial charge in [0.05, 0.1) is 5.92 Å². The smallest absolute Gasteiger partial charge is 0.306 e. The van der Waals surface area contributed by atoms with Gasteiger partial charge >= 0.3 is 17.9 Å². The van der Waals surface area contributed by atoms with Crippen molar-refractivity contribution < 1.29 is 28.6 Å². The Hall–Kier alpha value is -2.15. The van der Waals surface area contributed by atoms with Gasteiger partial charge < -0.3 is 19.1 Å². The molecular weight excluding hydrogens is 626 g/mol. The molecule has 1 heterocycles. The lowest BCUT2D eigenvalue weighted by molar-refractivity contribution is -0.155. The number of allylic oxidation sites excluding steroid dienone is 4. The second kappa shape index (κ2) is 24.2. The molecule has 5 rings (SSSR count). The molecular formula is C43H71NO6. The van der Waals surface area contributed by atoms with Crippen LogP contribution < -0.4 is 0 Å². The summed E-state index contributed by atoms with van der Waals surface area (Å²) in [5, 5.41) is 0. The van der Waals surface area contributed by atoms with Crippen LogP contribution in [0.2, 0.25) is 0 Å². The average Bonchev–Trinajstić information content (AvgIpc) is 3.62. The van der Waals surface area contributed by atoms with Gasteiger partial charge in [0.25, 0.3) is 0 Å². The first kappa shape index (κ1) is 40.6. The molecule has 0 aromatic rings. The van der Waals surface area contributed by atoms with E-state index in [0.717, 1.165) is 70.0 Å². The van der Waals surface area contributed by atoms with E-state index < -0.39 is 0 Å². The number of likely N-dealkylation sites (tertiary alicyclic amines) is 1. The second-order valence-electron chi connectivity index (χ2n) is 16.2. The molecule has 0 spiro atoms. The molecule has 0 N–H and O–H groups in total. The monoisotopic (exact) mass is 698 g/mol. The van der Waals surface area contributed by atoms with Crippen LogP contribution in [0.5, 0.6) is 0 Å². The zero-order chi connectivity index (χ0) is 35.2. The summed E-state index contributed by atoms with van der Waals surface area (Å²) in [6, 6.07) is 0. The lowest BCUT2D eigenvalue weighted by Gasteiger charge is -2.54. The van der Waals surface area contributed by atoms with E-state index >= 15 is 0 Å². The van der Waals surface area contributed by atoms with Crippen LogP contribution in [0.4, 0.5) is 0 Å². The van der Waals surface area contributed by atoms with Crippen molar-refractivity contribution in [3.8, 4) is 0 Å². The molecule has 50 heavy (non-hydrogen) atoms. The van der Waals surface area contributed by atoms with Crippen LogP contribution in [0.3, 0.4) is 0 Å².